The molecule has 0 saturated heterocycles. The summed E-state index contributed by atoms with van der Waals surface area (Å²) in [4.78, 5) is 3.66. The SMILES string of the molecule is [Hf].[c-]1ccccn1. The van der Waals surface area contributed by atoms with Crippen LogP contribution in [0.3, 0.4) is 0 Å². The monoisotopic (exact) mass is 258 g/mol. The zero-order valence-electron chi connectivity index (χ0n) is 3.76. The Kier molecular flexibility index (Phi) is 4.20. The van der Waals surface area contributed by atoms with Crippen LogP contribution in [-0.2, 0) is 25.8 Å². The molecule has 0 radical (unpaired) electrons. The van der Waals surface area contributed by atoms with Crippen LogP contribution in [0.4, 0.5) is 0 Å². The molecular weight excluding hydrogens is 253 g/mol. The molecule has 0 fully saturated rings. The van der Waals surface area contributed by atoms with Crippen molar-refractivity contribution in [1.29, 1.82) is 0 Å². The Morgan fingerprint density at radius 3 is 2.29 bits per heavy atom. The van der Waals surface area contributed by atoms with Gasteiger partial charge in [0.05, 0.1) is 0 Å². The maximum atomic E-state index is 3.66. The fourth-order valence-corrected chi connectivity index (χ4v) is 0.277. The second-order valence-electron chi connectivity index (χ2n) is 0.959. The molecule has 2 heteroatoms. The van der Waals surface area contributed by atoms with Gasteiger partial charge in [-0.25, -0.2) is 0 Å². The van der Waals surface area contributed by atoms with Gasteiger partial charge < -0.3 is 4.98 Å². The van der Waals surface area contributed by atoms with Gasteiger partial charge in [0.25, 0.3) is 0 Å². The molecule has 0 amide bonds. The van der Waals surface area contributed by atoms with Crippen molar-refractivity contribution in [2.24, 2.45) is 0 Å². The fraction of sp³-hybridized carbons (Fsp3) is 0. The summed E-state index contributed by atoms with van der Waals surface area (Å²) in [5.74, 6) is 0. The van der Waals surface area contributed by atoms with E-state index in [1.807, 2.05) is 12.1 Å². The normalized spacial score (nSPS) is 6.86. The minimum Gasteiger partial charge on any atom is -0.394 e. The van der Waals surface area contributed by atoms with Gasteiger partial charge in [0.1, 0.15) is 0 Å². The first-order chi connectivity index (χ1) is 3.00. The molecule has 0 aliphatic heterocycles. The van der Waals surface area contributed by atoms with Crippen LogP contribution in [0, 0.1) is 6.20 Å². The van der Waals surface area contributed by atoms with E-state index in [-0.39, 0.29) is 25.8 Å². The van der Waals surface area contributed by atoms with Gasteiger partial charge in [-0.05, 0) is 0 Å². The minimum absolute atomic E-state index is 0. The standard InChI is InChI=1S/C5H4N.Hf/c1-2-4-6-5-3-1;/h1-4H;/q-1;. The third kappa shape index (κ3) is 2.68. The third-order valence-corrected chi connectivity index (χ3v) is 0.517. The number of aromatic nitrogens is 1. The molecule has 0 bridgehead atoms. The van der Waals surface area contributed by atoms with Crippen LogP contribution < -0.4 is 0 Å². The molecule has 0 unspecified atom stereocenters. The van der Waals surface area contributed by atoms with Crippen LogP contribution in [-0.4, -0.2) is 4.98 Å². The second kappa shape index (κ2) is 4.19. The molecule has 1 aromatic heterocycles. The van der Waals surface area contributed by atoms with Gasteiger partial charge in [0, 0.05) is 25.8 Å². The first-order valence-corrected chi connectivity index (χ1v) is 1.77. The summed E-state index contributed by atoms with van der Waals surface area (Å²) in [6, 6.07) is 5.50. The van der Waals surface area contributed by atoms with Gasteiger partial charge in [-0.3, -0.25) is 0 Å². The number of hydrogen-bond donors (Lipinski definition) is 0. The quantitative estimate of drug-likeness (QED) is 0.496. The molecule has 1 rings (SSSR count). The molecule has 0 aliphatic rings. The zero-order chi connectivity index (χ0) is 4.24. The molecule has 0 saturated carbocycles. The van der Waals surface area contributed by atoms with Gasteiger partial charge in [-0.1, -0.05) is 12.4 Å². The number of rotatable bonds is 0. The van der Waals surface area contributed by atoms with Crippen molar-refractivity contribution in [2.75, 3.05) is 0 Å². The summed E-state index contributed by atoms with van der Waals surface area (Å²) < 4.78 is 0. The van der Waals surface area contributed by atoms with Crippen LogP contribution in [0.25, 0.3) is 0 Å². The zero-order valence-corrected chi connectivity index (χ0v) is 7.35. The Labute approximate surface area is 61.6 Å². The van der Waals surface area contributed by atoms with E-state index < -0.39 is 0 Å². The van der Waals surface area contributed by atoms with Crippen molar-refractivity contribution < 1.29 is 25.8 Å². The predicted octanol–water partition coefficient (Wildman–Crippen LogP) is 0.879. The van der Waals surface area contributed by atoms with Crippen molar-refractivity contribution in [2.45, 2.75) is 0 Å². The third-order valence-electron chi connectivity index (χ3n) is 0.517. The van der Waals surface area contributed by atoms with Gasteiger partial charge in [0.15, 0.2) is 0 Å². The Hall–Kier alpha value is 0.0201. The topological polar surface area (TPSA) is 12.9 Å². The van der Waals surface area contributed by atoms with Crippen LogP contribution in [0.1, 0.15) is 0 Å². The average Bonchev–Trinajstić information content (AvgIpc) is 1.72. The number of pyridine rings is 1. The molecule has 7 heavy (non-hydrogen) atoms. The smallest absolute Gasteiger partial charge is 0 e. The Morgan fingerprint density at radius 2 is 2.14 bits per heavy atom. The predicted molar refractivity (Wildman–Crippen MR) is 23.1 cm³/mol. The van der Waals surface area contributed by atoms with Gasteiger partial charge >= 0.3 is 0 Å². The summed E-state index contributed by atoms with van der Waals surface area (Å²) in [5, 5.41) is 0. The van der Waals surface area contributed by atoms with Crippen LogP contribution in [0.2, 0.25) is 0 Å². The van der Waals surface area contributed by atoms with Gasteiger partial charge in [-0.15, -0.1) is 0 Å². The number of hydrogen-bond acceptors (Lipinski definition) is 1. The van der Waals surface area contributed by atoms with Crippen LogP contribution in [0.5, 0.6) is 0 Å². The largest absolute Gasteiger partial charge is 0.394 e. The number of nitrogens with zero attached hydrogens (tertiary/aromatic N) is 1. The van der Waals surface area contributed by atoms with E-state index in [1.54, 1.807) is 12.3 Å². The summed E-state index contributed by atoms with van der Waals surface area (Å²) >= 11 is 0. The van der Waals surface area contributed by atoms with Crippen LogP contribution >= 0.6 is 0 Å². The van der Waals surface area contributed by atoms with E-state index in [0.717, 1.165) is 0 Å². The molecule has 0 spiro atoms. The second-order valence-corrected chi connectivity index (χ2v) is 0.959. The van der Waals surface area contributed by atoms with E-state index in [9.17, 15) is 0 Å². The Balaban J connectivity index is 0.000000360. The summed E-state index contributed by atoms with van der Waals surface area (Å²) in [6.07, 6.45) is 4.34. The molecule has 0 aliphatic carbocycles. The van der Waals surface area contributed by atoms with E-state index in [0.29, 0.717) is 0 Å². The minimum atomic E-state index is 0. The first kappa shape index (κ1) is 7.02. The Bertz CT molecular complexity index is 80.0. The van der Waals surface area contributed by atoms with Crippen molar-refractivity contribution in [1.82, 2.24) is 4.98 Å². The first-order valence-electron chi connectivity index (χ1n) is 1.77. The van der Waals surface area contributed by atoms with E-state index >= 15 is 0 Å². The summed E-state index contributed by atoms with van der Waals surface area (Å²) in [6.45, 7) is 0. The molecule has 34 valence electrons. The average molecular weight is 257 g/mol. The van der Waals surface area contributed by atoms with E-state index in [2.05, 4.69) is 11.2 Å². The fourth-order valence-electron chi connectivity index (χ4n) is 0.277. The molecule has 0 aromatic carbocycles. The van der Waals surface area contributed by atoms with E-state index in [1.165, 1.54) is 0 Å². The van der Waals surface area contributed by atoms with Crippen molar-refractivity contribution in [3.8, 4) is 0 Å². The molecular formula is C5H4HfN-. The van der Waals surface area contributed by atoms with E-state index in [4.69, 9.17) is 0 Å². The van der Waals surface area contributed by atoms with Crippen molar-refractivity contribution in [3.63, 3.8) is 0 Å². The maximum Gasteiger partial charge on any atom is 0 e. The molecule has 1 nitrogen and oxygen atoms in total. The molecule has 0 N–H and O–H groups in total. The van der Waals surface area contributed by atoms with Crippen molar-refractivity contribution >= 4 is 0 Å². The molecule has 1 aromatic rings. The van der Waals surface area contributed by atoms with Gasteiger partial charge in [-0.2, -0.15) is 18.2 Å². The Morgan fingerprint density at radius 1 is 1.29 bits per heavy atom. The molecule has 1 heterocycles. The molecule has 0 atom stereocenters. The maximum absolute atomic E-state index is 3.66. The van der Waals surface area contributed by atoms with Crippen LogP contribution in [0.15, 0.2) is 24.4 Å². The van der Waals surface area contributed by atoms with Gasteiger partial charge in [0.2, 0.25) is 0 Å². The summed E-state index contributed by atoms with van der Waals surface area (Å²) in [5.41, 5.74) is 0. The summed E-state index contributed by atoms with van der Waals surface area (Å²) in [7, 11) is 0. The van der Waals surface area contributed by atoms with Crippen molar-refractivity contribution in [3.05, 3.63) is 30.6 Å².